The molecule has 20 heavy (non-hydrogen) atoms. The van der Waals surface area contributed by atoms with E-state index in [-0.39, 0.29) is 11.6 Å². The molecule has 4 heteroatoms. The summed E-state index contributed by atoms with van der Waals surface area (Å²) in [6.07, 6.45) is 1.95. The Morgan fingerprint density at radius 3 is 2.35 bits per heavy atom. The summed E-state index contributed by atoms with van der Waals surface area (Å²) in [7, 11) is 0. The zero-order chi connectivity index (χ0) is 15.2. The standard InChI is InChI=1S/C16H25BrN2O/c1-5-10-19(11-6-2)15(20)18-16(3,4)13-8-7-9-14(17)12-13/h7-9,12H,5-6,10-11H2,1-4H3,(H,18,20). The van der Waals surface area contributed by atoms with Crippen LogP contribution >= 0.6 is 15.9 Å². The Morgan fingerprint density at radius 2 is 1.85 bits per heavy atom. The molecule has 0 aliphatic carbocycles. The second-order valence-electron chi connectivity index (χ2n) is 5.55. The first-order valence-corrected chi connectivity index (χ1v) is 8.03. The van der Waals surface area contributed by atoms with Crippen LogP contribution in [0.15, 0.2) is 28.7 Å². The van der Waals surface area contributed by atoms with E-state index in [1.807, 2.05) is 43.0 Å². The van der Waals surface area contributed by atoms with Gasteiger partial charge >= 0.3 is 6.03 Å². The average Bonchev–Trinajstić information content (AvgIpc) is 2.38. The highest BCUT2D eigenvalue weighted by molar-refractivity contribution is 9.10. The van der Waals surface area contributed by atoms with Gasteiger partial charge in [-0.25, -0.2) is 4.79 Å². The van der Waals surface area contributed by atoms with Crippen molar-refractivity contribution in [3.05, 3.63) is 34.3 Å². The van der Waals surface area contributed by atoms with Crippen molar-refractivity contribution in [1.82, 2.24) is 10.2 Å². The summed E-state index contributed by atoms with van der Waals surface area (Å²) >= 11 is 3.48. The van der Waals surface area contributed by atoms with Gasteiger partial charge in [0.2, 0.25) is 0 Å². The number of halogens is 1. The van der Waals surface area contributed by atoms with E-state index >= 15 is 0 Å². The first-order chi connectivity index (χ1) is 9.40. The smallest absolute Gasteiger partial charge is 0.318 e. The van der Waals surface area contributed by atoms with Gasteiger partial charge in [-0.2, -0.15) is 0 Å². The molecule has 0 aliphatic rings. The van der Waals surface area contributed by atoms with E-state index in [0.29, 0.717) is 0 Å². The molecule has 0 spiro atoms. The van der Waals surface area contributed by atoms with Crippen LogP contribution in [0, 0.1) is 0 Å². The van der Waals surface area contributed by atoms with Crippen molar-refractivity contribution >= 4 is 22.0 Å². The Bertz CT molecular complexity index is 440. The SMILES string of the molecule is CCCN(CCC)C(=O)NC(C)(C)c1cccc(Br)c1. The lowest BCUT2D eigenvalue weighted by atomic mass is 9.94. The van der Waals surface area contributed by atoms with Crippen molar-refractivity contribution in [2.24, 2.45) is 0 Å². The third-order valence-corrected chi connectivity index (χ3v) is 3.73. The Balaban J connectivity index is 2.80. The van der Waals surface area contributed by atoms with Gasteiger partial charge < -0.3 is 10.2 Å². The highest BCUT2D eigenvalue weighted by atomic mass is 79.9. The minimum atomic E-state index is -0.388. The van der Waals surface area contributed by atoms with Crippen LogP contribution < -0.4 is 5.32 Å². The Labute approximate surface area is 130 Å². The number of carbonyl (C=O) groups excluding carboxylic acids is 1. The molecule has 112 valence electrons. The lowest BCUT2D eigenvalue weighted by Crippen LogP contribution is -2.48. The molecule has 2 amide bonds. The average molecular weight is 341 g/mol. The fraction of sp³-hybridized carbons (Fsp3) is 0.562. The van der Waals surface area contributed by atoms with Gasteiger partial charge in [0.25, 0.3) is 0 Å². The fourth-order valence-corrected chi connectivity index (χ4v) is 2.55. The summed E-state index contributed by atoms with van der Waals surface area (Å²) in [4.78, 5) is 14.3. The molecule has 0 atom stereocenters. The number of amides is 2. The number of rotatable bonds is 6. The van der Waals surface area contributed by atoms with Gasteiger partial charge in [-0.05, 0) is 44.4 Å². The van der Waals surface area contributed by atoms with E-state index in [1.54, 1.807) is 0 Å². The molecule has 0 heterocycles. The van der Waals surface area contributed by atoms with Crippen molar-refractivity contribution in [3.63, 3.8) is 0 Å². The zero-order valence-electron chi connectivity index (χ0n) is 12.9. The van der Waals surface area contributed by atoms with Crippen molar-refractivity contribution < 1.29 is 4.79 Å². The van der Waals surface area contributed by atoms with Gasteiger partial charge in [-0.3, -0.25) is 0 Å². The van der Waals surface area contributed by atoms with Crippen LogP contribution in [-0.4, -0.2) is 24.0 Å². The maximum absolute atomic E-state index is 12.4. The summed E-state index contributed by atoms with van der Waals surface area (Å²) in [5, 5.41) is 3.14. The maximum atomic E-state index is 12.4. The summed E-state index contributed by atoms with van der Waals surface area (Å²) in [6, 6.07) is 8.07. The number of hydrogen-bond acceptors (Lipinski definition) is 1. The van der Waals surface area contributed by atoms with E-state index in [2.05, 4.69) is 35.1 Å². The Hall–Kier alpha value is -1.03. The maximum Gasteiger partial charge on any atom is 0.318 e. The van der Waals surface area contributed by atoms with Crippen LogP contribution in [0.3, 0.4) is 0 Å². The molecule has 0 aromatic heterocycles. The molecule has 0 aliphatic heterocycles. The van der Waals surface area contributed by atoms with Crippen molar-refractivity contribution in [2.75, 3.05) is 13.1 Å². The zero-order valence-corrected chi connectivity index (χ0v) is 14.5. The van der Waals surface area contributed by atoms with Gasteiger partial charge in [0.05, 0.1) is 5.54 Å². The second kappa shape index (κ2) is 7.67. The molecule has 0 radical (unpaired) electrons. The highest BCUT2D eigenvalue weighted by Crippen LogP contribution is 2.23. The Morgan fingerprint density at radius 1 is 1.25 bits per heavy atom. The third kappa shape index (κ3) is 4.82. The summed E-state index contributed by atoms with van der Waals surface area (Å²) in [5.41, 5.74) is 0.703. The summed E-state index contributed by atoms with van der Waals surface area (Å²) < 4.78 is 1.02. The lowest BCUT2D eigenvalue weighted by Gasteiger charge is -2.31. The third-order valence-electron chi connectivity index (χ3n) is 3.24. The van der Waals surface area contributed by atoms with E-state index in [1.165, 1.54) is 0 Å². The van der Waals surface area contributed by atoms with E-state index in [4.69, 9.17) is 0 Å². The molecule has 0 saturated heterocycles. The van der Waals surface area contributed by atoms with Crippen LogP contribution in [-0.2, 0) is 5.54 Å². The highest BCUT2D eigenvalue weighted by Gasteiger charge is 2.25. The van der Waals surface area contributed by atoms with Crippen molar-refractivity contribution in [2.45, 2.75) is 46.1 Å². The molecular weight excluding hydrogens is 316 g/mol. The molecule has 3 nitrogen and oxygen atoms in total. The van der Waals surface area contributed by atoms with Gasteiger partial charge in [0, 0.05) is 17.6 Å². The molecule has 0 bridgehead atoms. The molecular formula is C16H25BrN2O. The van der Waals surface area contributed by atoms with Crippen molar-refractivity contribution in [1.29, 1.82) is 0 Å². The quantitative estimate of drug-likeness (QED) is 0.811. The van der Waals surface area contributed by atoms with Crippen LogP contribution in [0.2, 0.25) is 0 Å². The molecule has 1 aromatic carbocycles. The summed E-state index contributed by atoms with van der Waals surface area (Å²) in [6.45, 7) is 9.85. The second-order valence-corrected chi connectivity index (χ2v) is 6.47. The first-order valence-electron chi connectivity index (χ1n) is 7.23. The number of hydrogen-bond donors (Lipinski definition) is 1. The minimum Gasteiger partial charge on any atom is -0.329 e. The number of carbonyl (C=O) groups is 1. The molecule has 0 fully saturated rings. The molecule has 1 aromatic rings. The van der Waals surface area contributed by atoms with Crippen LogP contribution in [0.4, 0.5) is 4.79 Å². The van der Waals surface area contributed by atoms with Gasteiger partial charge in [-0.1, -0.05) is 41.9 Å². The van der Waals surface area contributed by atoms with Gasteiger partial charge in [0.15, 0.2) is 0 Å². The topological polar surface area (TPSA) is 32.3 Å². The number of benzene rings is 1. The first kappa shape index (κ1) is 17.0. The monoisotopic (exact) mass is 340 g/mol. The largest absolute Gasteiger partial charge is 0.329 e. The normalized spacial score (nSPS) is 11.2. The number of urea groups is 1. The predicted octanol–water partition coefficient (Wildman–Crippen LogP) is 4.52. The Kier molecular flexibility index (Phi) is 6.53. The van der Waals surface area contributed by atoms with Crippen LogP contribution in [0.1, 0.15) is 46.1 Å². The lowest BCUT2D eigenvalue weighted by molar-refractivity contribution is 0.186. The minimum absolute atomic E-state index is 0.0127. The molecule has 0 saturated carbocycles. The predicted molar refractivity (Wildman–Crippen MR) is 87.9 cm³/mol. The van der Waals surface area contributed by atoms with Crippen molar-refractivity contribution in [3.8, 4) is 0 Å². The molecule has 1 N–H and O–H groups in total. The van der Waals surface area contributed by atoms with E-state index in [0.717, 1.165) is 36.0 Å². The fourth-order valence-electron chi connectivity index (χ4n) is 2.15. The van der Waals surface area contributed by atoms with Gasteiger partial charge in [0.1, 0.15) is 0 Å². The summed E-state index contributed by atoms with van der Waals surface area (Å²) in [5.74, 6) is 0. The van der Waals surface area contributed by atoms with Crippen LogP contribution in [0.5, 0.6) is 0 Å². The van der Waals surface area contributed by atoms with Crippen LogP contribution in [0.25, 0.3) is 0 Å². The molecule has 0 unspecified atom stereocenters. The van der Waals surface area contributed by atoms with Gasteiger partial charge in [-0.15, -0.1) is 0 Å². The van der Waals surface area contributed by atoms with E-state index in [9.17, 15) is 4.79 Å². The number of nitrogens with one attached hydrogen (secondary N) is 1. The van der Waals surface area contributed by atoms with E-state index < -0.39 is 0 Å². The molecule has 1 rings (SSSR count). The number of nitrogens with zero attached hydrogens (tertiary/aromatic N) is 1.